The van der Waals surface area contributed by atoms with Gasteiger partial charge in [-0.05, 0) is 38.8 Å². The molecule has 0 aliphatic carbocycles. The van der Waals surface area contributed by atoms with Gasteiger partial charge in [-0.1, -0.05) is 0 Å². The highest BCUT2D eigenvalue weighted by molar-refractivity contribution is 5.95. The van der Waals surface area contributed by atoms with E-state index in [9.17, 15) is 4.79 Å². The first-order valence-corrected chi connectivity index (χ1v) is 6.80. The number of ether oxygens (including phenoxy) is 1. The lowest BCUT2D eigenvalue weighted by molar-refractivity contribution is 0.0696. The standard InChI is InChI=1S/C14H21N3O2/c1-3-15-13-9-11(8-10(2)16-13)14(18)17-12-4-6-19-7-5-12/h8-9,12H,3-7H2,1-2H3,(H,15,16)(H,17,18). The van der Waals surface area contributed by atoms with Crippen molar-refractivity contribution in [2.75, 3.05) is 25.1 Å². The van der Waals surface area contributed by atoms with Gasteiger partial charge >= 0.3 is 0 Å². The predicted molar refractivity (Wildman–Crippen MR) is 74.4 cm³/mol. The summed E-state index contributed by atoms with van der Waals surface area (Å²) in [6, 6.07) is 3.83. The van der Waals surface area contributed by atoms with Crippen LogP contribution < -0.4 is 10.6 Å². The van der Waals surface area contributed by atoms with Crippen molar-refractivity contribution in [3.8, 4) is 0 Å². The maximum atomic E-state index is 12.2. The number of amides is 1. The van der Waals surface area contributed by atoms with Gasteiger partial charge in [0.05, 0.1) is 0 Å². The molecule has 2 rings (SSSR count). The number of aromatic nitrogens is 1. The molecule has 0 saturated carbocycles. The SMILES string of the molecule is CCNc1cc(C(=O)NC2CCOCC2)cc(C)n1. The van der Waals surface area contributed by atoms with Crippen molar-refractivity contribution in [1.82, 2.24) is 10.3 Å². The van der Waals surface area contributed by atoms with Crippen molar-refractivity contribution < 1.29 is 9.53 Å². The average molecular weight is 263 g/mol. The number of aryl methyl sites for hydroxylation is 1. The normalized spacial score (nSPS) is 16.1. The van der Waals surface area contributed by atoms with Gasteiger partial charge in [0.2, 0.25) is 0 Å². The molecule has 1 aliphatic heterocycles. The Labute approximate surface area is 113 Å². The number of carbonyl (C=O) groups excluding carboxylic acids is 1. The van der Waals surface area contributed by atoms with Gasteiger partial charge in [0.15, 0.2) is 0 Å². The number of pyridine rings is 1. The summed E-state index contributed by atoms with van der Waals surface area (Å²) < 4.78 is 5.29. The van der Waals surface area contributed by atoms with Crippen molar-refractivity contribution in [3.63, 3.8) is 0 Å². The number of carbonyl (C=O) groups is 1. The zero-order valence-electron chi connectivity index (χ0n) is 11.5. The van der Waals surface area contributed by atoms with Gasteiger partial charge in [0.25, 0.3) is 5.91 Å². The minimum absolute atomic E-state index is 0.0310. The zero-order valence-corrected chi connectivity index (χ0v) is 11.5. The number of hydrogen-bond donors (Lipinski definition) is 2. The fourth-order valence-corrected chi connectivity index (χ4v) is 2.18. The lowest BCUT2D eigenvalue weighted by atomic mass is 10.1. The Balaban J connectivity index is 2.05. The van der Waals surface area contributed by atoms with Gasteiger partial charge in [-0.2, -0.15) is 0 Å². The molecule has 0 aromatic carbocycles. The number of rotatable bonds is 4. The van der Waals surface area contributed by atoms with Crippen LogP contribution in [0.5, 0.6) is 0 Å². The second kappa shape index (κ2) is 6.52. The molecule has 19 heavy (non-hydrogen) atoms. The summed E-state index contributed by atoms with van der Waals surface area (Å²) >= 11 is 0. The van der Waals surface area contributed by atoms with Crippen molar-refractivity contribution in [2.24, 2.45) is 0 Å². The summed E-state index contributed by atoms with van der Waals surface area (Å²) in [6.45, 7) is 6.14. The van der Waals surface area contributed by atoms with Crippen LogP contribution in [0.4, 0.5) is 5.82 Å². The van der Waals surface area contributed by atoms with Crippen molar-refractivity contribution in [2.45, 2.75) is 32.7 Å². The van der Waals surface area contributed by atoms with E-state index in [1.807, 2.05) is 19.9 Å². The average Bonchev–Trinajstić information content (AvgIpc) is 2.39. The Bertz CT molecular complexity index is 442. The second-order valence-corrected chi connectivity index (χ2v) is 4.77. The van der Waals surface area contributed by atoms with Crippen LogP contribution in [0.2, 0.25) is 0 Å². The van der Waals surface area contributed by atoms with Crippen LogP contribution in [-0.2, 0) is 4.74 Å². The van der Waals surface area contributed by atoms with Crippen LogP contribution in [0, 0.1) is 6.92 Å². The van der Waals surface area contributed by atoms with Gasteiger partial charge < -0.3 is 15.4 Å². The Hall–Kier alpha value is -1.62. The van der Waals surface area contributed by atoms with Crippen LogP contribution in [0.3, 0.4) is 0 Å². The van der Waals surface area contributed by atoms with Crippen molar-refractivity contribution in [1.29, 1.82) is 0 Å². The molecule has 1 aromatic heterocycles. The van der Waals surface area contributed by atoms with Crippen molar-refractivity contribution >= 4 is 11.7 Å². The molecule has 0 unspecified atom stereocenters. The van der Waals surface area contributed by atoms with E-state index in [4.69, 9.17) is 4.74 Å². The fourth-order valence-electron chi connectivity index (χ4n) is 2.18. The van der Waals surface area contributed by atoms with Crippen LogP contribution in [-0.4, -0.2) is 36.7 Å². The molecule has 1 amide bonds. The Morgan fingerprint density at radius 2 is 2.16 bits per heavy atom. The minimum atomic E-state index is -0.0310. The third kappa shape index (κ3) is 3.92. The minimum Gasteiger partial charge on any atom is -0.381 e. The summed E-state index contributed by atoms with van der Waals surface area (Å²) in [5.41, 5.74) is 1.51. The van der Waals surface area contributed by atoms with E-state index in [-0.39, 0.29) is 11.9 Å². The number of nitrogens with zero attached hydrogens (tertiary/aromatic N) is 1. The van der Waals surface area contributed by atoms with E-state index >= 15 is 0 Å². The van der Waals surface area contributed by atoms with Gasteiger partial charge in [0.1, 0.15) is 5.82 Å². The topological polar surface area (TPSA) is 63.2 Å². The molecule has 1 saturated heterocycles. The predicted octanol–water partition coefficient (Wildman–Crippen LogP) is 1.73. The van der Waals surface area contributed by atoms with E-state index in [1.165, 1.54) is 0 Å². The third-order valence-corrected chi connectivity index (χ3v) is 3.13. The van der Waals surface area contributed by atoms with Gasteiger partial charge in [-0.3, -0.25) is 4.79 Å². The van der Waals surface area contributed by atoms with Gasteiger partial charge in [0, 0.05) is 37.1 Å². The number of anilines is 1. The van der Waals surface area contributed by atoms with Crippen LogP contribution in [0.1, 0.15) is 35.8 Å². The largest absolute Gasteiger partial charge is 0.381 e. The Kier molecular flexibility index (Phi) is 4.74. The Morgan fingerprint density at radius 1 is 1.42 bits per heavy atom. The van der Waals surface area contributed by atoms with E-state index in [2.05, 4.69) is 15.6 Å². The first kappa shape index (κ1) is 13.8. The highest BCUT2D eigenvalue weighted by Crippen LogP contribution is 2.12. The smallest absolute Gasteiger partial charge is 0.251 e. The van der Waals surface area contributed by atoms with Crippen molar-refractivity contribution in [3.05, 3.63) is 23.4 Å². The maximum Gasteiger partial charge on any atom is 0.251 e. The summed E-state index contributed by atoms with van der Waals surface area (Å²) in [7, 11) is 0. The molecule has 0 radical (unpaired) electrons. The molecule has 1 aliphatic rings. The lowest BCUT2D eigenvalue weighted by Crippen LogP contribution is -2.38. The molecule has 0 bridgehead atoms. The van der Waals surface area contributed by atoms with E-state index < -0.39 is 0 Å². The fraction of sp³-hybridized carbons (Fsp3) is 0.571. The molecular weight excluding hydrogens is 242 g/mol. The molecule has 5 nitrogen and oxygen atoms in total. The second-order valence-electron chi connectivity index (χ2n) is 4.77. The van der Waals surface area contributed by atoms with Gasteiger partial charge in [-0.15, -0.1) is 0 Å². The van der Waals surface area contributed by atoms with Gasteiger partial charge in [-0.25, -0.2) is 4.98 Å². The molecule has 0 atom stereocenters. The van der Waals surface area contributed by atoms with Crippen LogP contribution in [0.25, 0.3) is 0 Å². The highest BCUT2D eigenvalue weighted by Gasteiger charge is 2.17. The molecule has 5 heteroatoms. The quantitative estimate of drug-likeness (QED) is 0.868. The third-order valence-electron chi connectivity index (χ3n) is 3.13. The maximum absolute atomic E-state index is 12.2. The number of hydrogen-bond acceptors (Lipinski definition) is 4. The molecule has 1 fully saturated rings. The molecule has 2 heterocycles. The van der Waals surface area contributed by atoms with E-state index in [0.717, 1.165) is 44.1 Å². The summed E-state index contributed by atoms with van der Waals surface area (Å²) in [5, 5.41) is 6.19. The molecular formula is C14H21N3O2. The van der Waals surface area contributed by atoms with E-state index in [1.54, 1.807) is 6.07 Å². The zero-order chi connectivity index (χ0) is 13.7. The van der Waals surface area contributed by atoms with Crippen LogP contribution >= 0.6 is 0 Å². The highest BCUT2D eigenvalue weighted by atomic mass is 16.5. The molecule has 1 aromatic rings. The molecule has 104 valence electrons. The first-order valence-electron chi connectivity index (χ1n) is 6.80. The summed E-state index contributed by atoms with van der Waals surface area (Å²) in [6.07, 6.45) is 1.77. The molecule has 0 spiro atoms. The van der Waals surface area contributed by atoms with Crippen LogP contribution in [0.15, 0.2) is 12.1 Å². The summed E-state index contributed by atoms with van der Waals surface area (Å²) in [5.74, 6) is 0.719. The number of nitrogens with one attached hydrogen (secondary N) is 2. The van der Waals surface area contributed by atoms with E-state index in [0.29, 0.717) is 5.56 Å². The lowest BCUT2D eigenvalue weighted by Gasteiger charge is -2.23. The Morgan fingerprint density at radius 3 is 2.84 bits per heavy atom. The summed E-state index contributed by atoms with van der Waals surface area (Å²) in [4.78, 5) is 16.6. The molecule has 2 N–H and O–H groups in total. The first-order chi connectivity index (χ1) is 9.19. The monoisotopic (exact) mass is 263 g/mol.